The molecule has 0 radical (unpaired) electrons. The minimum atomic E-state index is 0.101. The highest BCUT2D eigenvalue weighted by atomic mass is 16.2. The van der Waals surface area contributed by atoms with Crippen LogP contribution in [0.25, 0.3) is 0 Å². The summed E-state index contributed by atoms with van der Waals surface area (Å²) in [5.41, 5.74) is 5.72. The summed E-state index contributed by atoms with van der Waals surface area (Å²) in [5, 5.41) is 3.05. The van der Waals surface area contributed by atoms with Crippen molar-refractivity contribution >= 4 is 5.91 Å². The molecule has 2 atom stereocenters. The van der Waals surface area contributed by atoms with Crippen LogP contribution >= 0.6 is 0 Å². The fourth-order valence-corrected chi connectivity index (χ4v) is 3.27. The van der Waals surface area contributed by atoms with Gasteiger partial charge in [0.1, 0.15) is 0 Å². The molecule has 1 amide bonds. The standard InChI is InChI=1S/C15H30N4O/c1-13(11-16)12-18-7-4-8-19(10-9-18)14-5-2-3-6-17-15(14)20/h13-14H,2-12,16H2,1H3,(H,17,20). The zero-order chi connectivity index (χ0) is 14.4. The number of hydrogen-bond acceptors (Lipinski definition) is 4. The first-order chi connectivity index (χ1) is 9.70. The van der Waals surface area contributed by atoms with E-state index in [1.165, 1.54) is 0 Å². The molecule has 0 bridgehead atoms. The smallest absolute Gasteiger partial charge is 0.237 e. The molecule has 2 rings (SSSR count). The lowest BCUT2D eigenvalue weighted by atomic mass is 10.1. The highest BCUT2D eigenvalue weighted by molar-refractivity contribution is 5.81. The average molecular weight is 282 g/mol. The Labute approximate surface area is 122 Å². The summed E-state index contributed by atoms with van der Waals surface area (Å²) in [6, 6.07) is 0.101. The molecule has 0 spiro atoms. The van der Waals surface area contributed by atoms with Gasteiger partial charge < -0.3 is 16.0 Å². The van der Waals surface area contributed by atoms with Crippen LogP contribution in [0.4, 0.5) is 0 Å². The van der Waals surface area contributed by atoms with Crippen molar-refractivity contribution in [3.05, 3.63) is 0 Å². The lowest BCUT2D eigenvalue weighted by molar-refractivity contribution is -0.126. The molecule has 0 aromatic rings. The van der Waals surface area contributed by atoms with Crippen molar-refractivity contribution in [2.75, 3.05) is 45.8 Å². The Kier molecular flexibility index (Phi) is 6.26. The first kappa shape index (κ1) is 15.7. The zero-order valence-electron chi connectivity index (χ0n) is 12.8. The number of nitrogens with two attached hydrogens (primary N) is 1. The number of hydrogen-bond donors (Lipinski definition) is 2. The normalized spacial score (nSPS) is 28.5. The van der Waals surface area contributed by atoms with Gasteiger partial charge in [0.05, 0.1) is 6.04 Å². The Morgan fingerprint density at radius 1 is 1.25 bits per heavy atom. The lowest BCUT2D eigenvalue weighted by Gasteiger charge is -2.28. The van der Waals surface area contributed by atoms with Gasteiger partial charge in [0.25, 0.3) is 0 Å². The first-order valence-electron chi connectivity index (χ1n) is 8.15. The summed E-state index contributed by atoms with van der Waals surface area (Å²) >= 11 is 0. The van der Waals surface area contributed by atoms with Crippen LogP contribution in [0.1, 0.15) is 32.6 Å². The molecule has 2 saturated heterocycles. The molecule has 2 fully saturated rings. The number of carbonyl (C=O) groups is 1. The molecule has 3 N–H and O–H groups in total. The van der Waals surface area contributed by atoms with Crippen LogP contribution in [0, 0.1) is 5.92 Å². The number of amides is 1. The van der Waals surface area contributed by atoms with E-state index in [2.05, 4.69) is 22.0 Å². The molecular weight excluding hydrogens is 252 g/mol. The van der Waals surface area contributed by atoms with Gasteiger partial charge in [-0.2, -0.15) is 0 Å². The Morgan fingerprint density at radius 3 is 2.90 bits per heavy atom. The SMILES string of the molecule is CC(CN)CN1CCCN(C2CCCCNC2=O)CC1. The molecule has 5 nitrogen and oxygen atoms in total. The summed E-state index contributed by atoms with van der Waals surface area (Å²) in [5.74, 6) is 0.800. The fraction of sp³-hybridized carbons (Fsp3) is 0.933. The van der Waals surface area contributed by atoms with E-state index in [1.807, 2.05) is 0 Å². The molecule has 20 heavy (non-hydrogen) atoms. The van der Waals surface area contributed by atoms with Crippen molar-refractivity contribution < 1.29 is 4.79 Å². The molecule has 0 saturated carbocycles. The minimum Gasteiger partial charge on any atom is -0.355 e. The molecule has 0 aromatic carbocycles. The quantitative estimate of drug-likeness (QED) is 0.776. The van der Waals surface area contributed by atoms with E-state index >= 15 is 0 Å². The number of nitrogens with one attached hydrogen (secondary N) is 1. The van der Waals surface area contributed by atoms with Gasteiger partial charge in [0, 0.05) is 32.7 Å². The molecule has 2 aliphatic rings. The topological polar surface area (TPSA) is 61.6 Å². The van der Waals surface area contributed by atoms with E-state index in [0.717, 1.165) is 71.5 Å². The van der Waals surface area contributed by atoms with Crippen molar-refractivity contribution in [3.8, 4) is 0 Å². The van der Waals surface area contributed by atoms with Gasteiger partial charge in [-0.1, -0.05) is 6.92 Å². The van der Waals surface area contributed by atoms with E-state index in [1.54, 1.807) is 0 Å². The maximum atomic E-state index is 12.1. The fourth-order valence-electron chi connectivity index (χ4n) is 3.27. The van der Waals surface area contributed by atoms with Crippen LogP contribution in [0.3, 0.4) is 0 Å². The summed E-state index contributed by atoms with van der Waals surface area (Å²) in [7, 11) is 0. The number of rotatable bonds is 4. The highest BCUT2D eigenvalue weighted by Gasteiger charge is 2.28. The van der Waals surface area contributed by atoms with Crippen LogP contribution in [-0.4, -0.2) is 67.6 Å². The molecular formula is C15H30N4O. The summed E-state index contributed by atoms with van der Waals surface area (Å²) in [6.45, 7) is 9.15. The second kappa shape index (κ2) is 7.96. The van der Waals surface area contributed by atoms with E-state index < -0.39 is 0 Å². The number of carbonyl (C=O) groups excluding carboxylic acids is 1. The van der Waals surface area contributed by atoms with E-state index in [-0.39, 0.29) is 11.9 Å². The molecule has 2 aliphatic heterocycles. The third-order valence-corrected chi connectivity index (χ3v) is 4.54. The van der Waals surface area contributed by atoms with Gasteiger partial charge in [-0.3, -0.25) is 9.69 Å². The Morgan fingerprint density at radius 2 is 2.10 bits per heavy atom. The van der Waals surface area contributed by atoms with Gasteiger partial charge >= 0.3 is 0 Å². The van der Waals surface area contributed by atoms with Crippen LogP contribution in [0.2, 0.25) is 0 Å². The molecule has 0 aliphatic carbocycles. The molecule has 2 heterocycles. The van der Waals surface area contributed by atoms with Crippen molar-refractivity contribution in [1.82, 2.24) is 15.1 Å². The van der Waals surface area contributed by atoms with Gasteiger partial charge in [0.2, 0.25) is 5.91 Å². The van der Waals surface area contributed by atoms with Crippen LogP contribution in [-0.2, 0) is 4.79 Å². The van der Waals surface area contributed by atoms with Crippen molar-refractivity contribution in [3.63, 3.8) is 0 Å². The van der Waals surface area contributed by atoms with Crippen LogP contribution in [0.15, 0.2) is 0 Å². The van der Waals surface area contributed by atoms with Crippen LogP contribution < -0.4 is 11.1 Å². The predicted molar refractivity (Wildman–Crippen MR) is 81.5 cm³/mol. The summed E-state index contributed by atoms with van der Waals surface area (Å²) in [6.07, 6.45) is 4.45. The maximum absolute atomic E-state index is 12.1. The van der Waals surface area contributed by atoms with Gasteiger partial charge in [0.15, 0.2) is 0 Å². The van der Waals surface area contributed by atoms with Gasteiger partial charge in [-0.25, -0.2) is 0 Å². The van der Waals surface area contributed by atoms with Crippen LogP contribution in [0.5, 0.6) is 0 Å². The largest absolute Gasteiger partial charge is 0.355 e. The lowest BCUT2D eigenvalue weighted by Crippen LogP contribution is -2.47. The second-order valence-corrected chi connectivity index (χ2v) is 6.33. The first-order valence-corrected chi connectivity index (χ1v) is 8.15. The third kappa shape index (κ3) is 4.43. The van der Waals surface area contributed by atoms with Gasteiger partial charge in [-0.15, -0.1) is 0 Å². The van der Waals surface area contributed by atoms with Crippen molar-refractivity contribution in [2.45, 2.75) is 38.6 Å². The van der Waals surface area contributed by atoms with E-state index in [0.29, 0.717) is 5.92 Å². The van der Waals surface area contributed by atoms with Crippen molar-refractivity contribution in [2.24, 2.45) is 11.7 Å². The molecule has 5 heteroatoms. The predicted octanol–water partition coefficient (Wildman–Crippen LogP) is 0.258. The van der Waals surface area contributed by atoms with E-state index in [9.17, 15) is 4.79 Å². The Hall–Kier alpha value is -0.650. The monoisotopic (exact) mass is 282 g/mol. The molecule has 0 aromatic heterocycles. The Balaban J connectivity index is 1.86. The molecule has 116 valence electrons. The zero-order valence-corrected chi connectivity index (χ0v) is 12.8. The maximum Gasteiger partial charge on any atom is 0.237 e. The number of nitrogens with zero attached hydrogens (tertiary/aromatic N) is 2. The third-order valence-electron chi connectivity index (χ3n) is 4.54. The Bertz CT molecular complexity index is 310. The van der Waals surface area contributed by atoms with Gasteiger partial charge in [-0.05, 0) is 44.7 Å². The van der Waals surface area contributed by atoms with E-state index in [4.69, 9.17) is 5.73 Å². The average Bonchev–Trinajstić information content (AvgIpc) is 2.79. The van der Waals surface area contributed by atoms with Crippen molar-refractivity contribution in [1.29, 1.82) is 0 Å². The summed E-state index contributed by atoms with van der Waals surface area (Å²) in [4.78, 5) is 17.1. The summed E-state index contributed by atoms with van der Waals surface area (Å²) < 4.78 is 0. The molecule has 2 unspecified atom stereocenters. The second-order valence-electron chi connectivity index (χ2n) is 6.33. The minimum absolute atomic E-state index is 0.101. The highest BCUT2D eigenvalue weighted by Crippen LogP contribution is 2.15.